The molecule has 0 aromatic carbocycles. The van der Waals surface area contributed by atoms with Crippen LogP contribution in [-0.4, -0.2) is 25.3 Å². The van der Waals surface area contributed by atoms with Gasteiger partial charge in [-0.25, -0.2) is 0 Å². The molecule has 0 saturated carbocycles. The number of aryl methyl sites for hydroxylation is 2. The fourth-order valence-corrected chi connectivity index (χ4v) is 1.96. The van der Waals surface area contributed by atoms with Gasteiger partial charge in [0.15, 0.2) is 4.77 Å². The first kappa shape index (κ1) is 11.7. The lowest BCUT2D eigenvalue weighted by atomic mass is 10.3. The standard InChI is InChI=1S/C9H16N2OS2/c1-7-6-11(9(13)10-7)5-4-8(2)14(3)12/h6,8H,4-5H2,1-3H3,(H,10,13). The molecule has 2 unspecified atom stereocenters. The van der Waals surface area contributed by atoms with Crippen molar-refractivity contribution in [2.24, 2.45) is 0 Å². The Bertz CT molecular complexity index is 380. The van der Waals surface area contributed by atoms with Crippen molar-refractivity contribution in [2.45, 2.75) is 32.1 Å². The molecule has 1 heterocycles. The van der Waals surface area contributed by atoms with Gasteiger partial charge in [-0.3, -0.25) is 4.21 Å². The summed E-state index contributed by atoms with van der Waals surface area (Å²) in [5, 5.41) is 0.229. The van der Waals surface area contributed by atoms with Crippen LogP contribution in [0.4, 0.5) is 0 Å². The van der Waals surface area contributed by atoms with E-state index in [9.17, 15) is 4.21 Å². The smallest absolute Gasteiger partial charge is 0.177 e. The topological polar surface area (TPSA) is 37.8 Å². The fraction of sp³-hybridized carbons (Fsp3) is 0.667. The van der Waals surface area contributed by atoms with E-state index in [0.717, 1.165) is 23.4 Å². The summed E-state index contributed by atoms with van der Waals surface area (Å²) < 4.78 is 13.9. The predicted octanol–water partition coefficient (Wildman–Crippen LogP) is 2.01. The van der Waals surface area contributed by atoms with E-state index in [4.69, 9.17) is 12.2 Å². The van der Waals surface area contributed by atoms with E-state index in [0.29, 0.717) is 0 Å². The van der Waals surface area contributed by atoms with E-state index in [-0.39, 0.29) is 5.25 Å². The molecule has 2 atom stereocenters. The predicted molar refractivity (Wildman–Crippen MR) is 62.5 cm³/mol. The van der Waals surface area contributed by atoms with Crippen LogP contribution in [0.25, 0.3) is 0 Å². The molecule has 0 spiro atoms. The number of H-pyrrole nitrogens is 1. The fourth-order valence-electron chi connectivity index (χ4n) is 1.22. The zero-order chi connectivity index (χ0) is 10.7. The van der Waals surface area contributed by atoms with E-state index in [1.165, 1.54) is 0 Å². The van der Waals surface area contributed by atoms with Crippen molar-refractivity contribution in [3.05, 3.63) is 16.7 Å². The molecule has 0 aliphatic carbocycles. The summed E-state index contributed by atoms with van der Waals surface area (Å²) in [6, 6.07) is 0. The van der Waals surface area contributed by atoms with Gasteiger partial charge in [0.25, 0.3) is 0 Å². The van der Waals surface area contributed by atoms with Crippen LogP contribution in [0.5, 0.6) is 0 Å². The zero-order valence-corrected chi connectivity index (χ0v) is 10.4. The second-order valence-electron chi connectivity index (χ2n) is 3.53. The van der Waals surface area contributed by atoms with Crippen LogP contribution in [0, 0.1) is 11.7 Å². The molecule has 1 aromatic rings. The van der Waals surface area contributed by atoms with Gasteiger partial charge in [-0.1, -0.05) is 6.92 Å². The summed E-state index contributed by atoms with van der Waals surface area (Å²) in [7, 11) is -0.741. The lowest BCUT2D eigenvalue weighted by Gasteiger charge is -2.07. The summed E-state index contributed by atoms with van der Waals surface area (Å²) in [5.74, 6) is 0. The summed E-state index contributed by atoms with van der Waals surface area (Å²) in [6.07, 6.45) is 4.63. The molecule has 0 bridgehead atoms. The second-order valence-corrected chi connectivity index (χ2v) is 5.72. The Morgan fingerprint density at radius 3 is 2.79 bits per heavy atom. The Morgan fingerprint density at radius 2 is 2.36 bits per heavy atom. The second kappa shape index (κ2) is 4.89. The van der Waals surface area contributed by atoms with E-state index < -0.39 is 10.8 Å². The first-order valence-electron chi connectivity index (χ1n) is 4.59. The van der Waals surface area contributed by atoms with E-state index in [1.807, 2.05) is 24.6 Å². The van der Waals surface area contributed by atoms with Gasteiger partial charge in [0.05, 0.1) is 0 Å². The molecule has 0 amide bonds. The van der Waals surface area contributed by atoms with Gasteiger partial charge in [-0.05, 0) is 25.6 Å². The van der Waals surface area contributed by atoms with Gasteiger partial charge in [0.1, 0.15) is 0 Å². The molecule has 14 heavy (non-hydrogen) atoms. The largest absolute Gasteiger partial charge is 0.335 e. The van der Waals surface area contributed by atoms with Gasteiger partial charge in [-0.15, -0.1) is 0 Å². The van der Waals surface area contributed by atoms with Crippen LogP contribution < -0.4 is 0 Å². The summed E-state index contributed by atoms with van der Waals surface area (Å²) in [4.78, 5) is 3.06. The molecule has 0 saturated heterocycles. The molecule has 0 aliphatic heterocycles. The molecule has 0 fully saturated rings. The molecule has 0 radical (unpaired) electrons. The Kier molecular flexibility index (Phi) is 4.07. The Morgan fingerprint density at radius 1 is 1.71 bits per heavy atom. The van der Waals surface area contributed by atoms with Crippen molar-refractivity contribution in [3.8, 4) is 0 Å². The number of hydrogen-bond donors (Lipinski definition) is 1. The Balaban J connectivity index is 2.58. The Hall–Kier alpha value is -0.420. The average molecular weight is 232 g/mol. The van der Waals surface area contributed by atoms with E-state index >= 15 is 0 Å². The maximum absolute atomic E-state index is 11.1. The van der Waals surface area contributed by atoms with Gasteiger partial charge >= 0.3 is 0 Å². The van der Waals surface area contributed by atoms with Gasteiger partial charge in [-0.2, -0.15) is 0 Å². The highest BCUT2D eigenvalue weighted by Crippen LogP contribution is 2.04. The molecule has 80 valence electrons. The molecule has 0 aliphatic rings. The first-order chi connectivity index (χ1) is 6.50. The SMILES string of the molecule is Cc1cn(CCC(C)S(C)=O)c(=S)[nH]1. The molecular formula is C9H16N2OS2. The lowest BCUT2D eigenvalue weighted by Crippen LogP contribution is -2.12. The van der Waals surface area contributed by atoms with Crippen molar-refractivity contribution in [3.63, 3.8) is 0 Å². The molecule has 3 nitrogen and oxygen atoms in total. The molecule has 1 aromatic heterocycles. The van der Waals surface area contributed by atoms with Gasteiger partial charge in [0.2, 0.25) is 0 Å². The lowest BCUT2D eigenvalue weighted by molar-refractivity contribution is 0.614. The number of nitrogens with one attached hydrogen (secondary N) is 1. The highest BCUT2D eigenvalue weighted by Gasteiger charge is 2.06. The van der Waals surface area contributed by atoms with Crippen molar-refractivity contribution >= 4 is 23.0 Å². The minimum absolute atomic E-state index is 0.229. The summed E-state index contributed by atoms with van der Waals surface area (Å²) in [6.45, 7) is 4.82. The number of imidazole rings is 1. The maximum atomic E-state index is 11.1. The van der Waals surface area contributed by atoms with Crippen LogP contribution >= 0.6 is 12.2 Å². The number of rotatable bonds is 4. The highest BCUT2D eigenvalue weighted by atomic mass is 32.2. The quantitative estimate of drug-likeness (QED) is 0.806. The van der Waals surface area contributed by atoms with Crippen LogP contribution in [0.1, 0.15) is 19.0 Å². The van der Waals surface area contributed by atoms with Crippen molar-refractivity contribution in [1.82, 2.24) is 9.55 Å². The van der Waals surface area contributed by atoms with E-state index in [1.54, 1.807) is 6.26 Å². The molecule has 1 N–H and O–H groups in total. The molecule has 5 heteroatoms. The molecular weight excluding hydrogens is 216 g/mol. The third-order valence-electron chi connectivity index (χ3n) is 2.26. The normalized spacial score (nSPS) is 15.4. The summed E-state index contributed by atoms with van der Waals surface area (Å²) >= 11 is 5.12. The first-order valence-corrected chi connectivity index (χ1v) is 6.62. The maximum Gasteiger partial charge on any atom is 0.177 e. The molecule has 1 rings (SSSR count). The Labute approximate surface area is 92.0 Å². The van der Waals surface area contributed by atoms with Crippen LogP contribution in [-0.2, 0) is 17.3 Å². The average Bonchev–Trinajstić information content (AvgIpc) is 2.40. The summed E-state index contributed by atoms with van der Waals surface area (Å²) in [5.41, 5.74) is 1.07. The van der Waals surface area contributed by atoms with Crippen molar-refractivity contribution < 1.29 is 4.21 Å². The zero-order valence-electron chi connectivity index (χ0n) is 8.74. The van der Waals surface area contributed by atoms with Crippen molar-refractivity contribution in [1.29, 1.82) is 0 Å². The van der Waals surface area contributed by atoms with E-state index in [2.05, 4.69) is 4.98 Å². The van der Waals surface area contributed by atoms with Gasteiger partial charge in [0, 0.05) is 40.7 Å². The minimum Gasteiger partial charge on any atom is -0.335 e. The van der Waals surface area contributed by atoms with Gasteiger partial charge < -0.3 is 9.55 Å². The number of aromatic amines is 1. The van der Waals surface area contributed by atoms with Crippen LogP contribution in [0.2, 0.25) is 0 Å². The van der Waals surface area contributed by atoms with Crippen molar-refractivity contribution in [2.75, 3.05) is 6.26 Å². The number of nitrogens with zero attached hydrogens (tertiary/aromatic N) is 1. The van der Waals surface area contributed by atoms with Crippen LogP contribution in [0.15, 0.2) is 6.20 Å². The monoisotopic (exact) mass is 232 g/mol. The number of hydrogen-bond acceptors (Lipinski definition) is 2. The highest BCUT2D eigenvalue weighted by molar-refractivity contribution is 7.84. The third-order valence-corrected chi connectivity index (χ3v) is 3.96. The third kappa shape index (κ3) is 3.06. The minimum atomic E-state index is -0.741. The van der Waals surface area contributed by atoms with Crippen LogP contribution in [0.3, 0.4) is 0 Å². The number of aromatic nitrogens is 2.